The van der Waals surface area contributed by atoms with Gasteiger partial charge in [-0.25, -0.2) is 0 Å². The van der Waals surface area contributed by atoms with Crippen LogP contribution in [-0.4, -0.2) is 27.6 Å². The Morgan fingerprint density at radius 1 is 1.25 bits per heavy atom. The second kappa shape index (κ2) is 3.58. The fourth-order valence-electron chi connectivity index (χ4n) is 1.42. The van der Waals surface area contributed by atoms with Crippen LogP contribution in [-0.2, 0) is 0 Å². The van der Waals surface area contributed by atoms with Crippen LogP contribution in [0.4, 0.5) is 21.5 Å². The third-order valence-corrected chi connectivity index (χ3v) is 2.19. The van der Waals surface area contributed by atoms with Crippen molar-refractivity contribution in [3.8, 4) is 0 Å². The van der Waals surface area contributed by atoms with E-state index in [9.17, 15) is 24.7 Å². The van der Waals surface area contributed by atoms with E-state index < -0.39 is 28.9 Å². The van der Waals surface area contributed by atoms with E-state index in [4.69, 9.17) is 0 Å². The molecule has 0 radical (unpaired) electrons. The average Bonchev–Trinajstić information content (AvgIpc) is 2.19. The van der Waals surface area contributed by atoms with Crippen LogP contribution in [0.15, 0.2) is 12.1 Å². The number of hydrogen-bond acceptors (Lipinski definition) is 6. The molecule has 1 aliphatic heterocycles. The summed E-state index contributed by atoms with van der Waals surface area (Å²) in [5, 5.41) is 33.7. The quantitative estimate of drug-likeness (QED) is 0.405. The van der Waals surface area contributed by atoms with Gasteiger partial charge in [-0.1, -0.05) is 0 Å². The van der Waals surface area contributed by atoms with Crippen molar-refractivity contribution in [1.82, 2.24) is 0 Å². The number of aliphatic hydroxyl groups excluding tert-OH is 2. The SMILES string of the molecule is O=[N+]([O-])c1cc2c(cc1F)NC(O)C(O)N2. The predicted molar refractivity (Wildman–Crippen MR) is 52.3 cm³/mol. The van der Waals surface area contributed by atoms with E-state index in [1.807, 2.05) is 0 Å². The Morgan fingerprint density at radius 2 is 1.75 bits per heavy atom. The van der Waals surface area contributed by atoms with E-state index in [1.165, 1.54) is 0 Å². The summed E-state index contributed by atoms with van der Waals surface area (Å²) in [6, 6.07) is 1.84. The highest BCUT2D eigenvalue weighted by Crippen LogP contribution is 2.33. The van der Waals surface area contributed by atoms with Gasteiger partial charge in [0.25, 0.3) is 0 Å². The lowest BCUT2D eigenvalue weighted by Crippen LogP contribution is -2.42. The van der Waals surface area contributed by atoms with E-state index in [2.05, 4.69) is 10.6 Å². The number of nitrogens with one attached hydrogen (secondary N) is 2. The van der Waals surface area contributed by atoms with Gasteiger partial charge in [-0.3, -0.25) is 10.1 Å². The van der Waals surface area contributed by atoms with Gasteiger partial charge in [-0.2, -0.15) is 4.39 Å². The van der Waals surface area contributed by atoms with E-state index in [1.54, 1.807) is 0 Å². The second-order valence-electron chi connectivity index (χ2n) is 3.28. The Hall–Kier alpha value is -1.93. The Bertz CT molecular complexity index is 453. The van der Waals surface area contributed by atoms with Gasteiger partial charge in [-0.15, -0.1) is 0 Å². The molecular weight excluding hydrogens is 221 g/mol. The Balaban J connectivity index is 2.46. The molecule has 86 valence electrons. The Kier molecular flexibility index (Phi) is 2.37. The summed E-state index contributed by atoms with van der Waals surface area (Å²) in [4.78, 5) is 9.59. The molecular formula is C8H8FN3O4. The van der Waals surface area contributed by atoms with Gasteiger partial charge in [0.2, 0.25) is 5.82 Å². The molecule has 0 spiro atoms. The fourth-order valence-corrected chi connectivity index (χ4v) is 1.42. The molecule has 2 atom stereocenters. The normalized spacial score (nSPS) is 22.9. The molecule has 1 aromatic rings. The molecule has 1 heterocycles. The molecule has 0 saturated heterocycles. The van der Waals surface area contributed by atoms with Crippen LogP contribution >= 0.6 is 0 Å². The van der Waals surface area contributed by atoms with E-state index >= 15 is 0 Å². The van der Waals surface area contributed by atoms with E-state index in [0.29, 0.717) is 0 Å². The summed E-state index contributed by atoms with van der Waals surface area (Å²) < 4.78 is 13.2. The molecule has 2 rings (SSSR count). The molecule has 0 fully saturated rings. The predicted octanol–water partition coefficient (Wildman–Crippen LogP) is 0.208. The van der Waals surface area contributed by atoms with E-state index in [0.717, 1.165) is 12.1 Å². The number of aliphatic hydroxyl groups is 2. The standard InChI is InChI=1S/C8H8FN3O4/c9-3-1-4-5(2-6(3)12(15)16)11-8(14)7(13)10-4/h1-2,7-8,10-11,13-14H. The van der Waals surface area contributed by atoms with Crippen molar-refractivity contribution in [3.63, 3.8) is 0 Å². The van der Waals surface area contributed by atoms with Crippen LogP contribution in [0.1, 0.15) is 0 Å². The number of anilines is 2. The summed E-state index contributed by atoms with van der Waals surface area (Å²) >= 11 is 0. The molecule has 0 saturated carbocycles. The van der Waals surface area contributed by atoms with Gasteiger partial charge < -0.3 is 20.8 Å². The molecule has 4 N–H and O–H groups in total. The maximum Gasteiger partial charge on any atom is 0.307 e. The van der Waals surface area contributed by atoms with Gasteiger partial charge in [0.05, 0.1) is 16.3 Å². The summed E-state index contributed by atoms with van der Waals surface area (Å²) in [6.45, 7) is 0. The average molecular weight is 229 g/mol. The van der Waals surface area contributed by atoms with Crippen molar-refractivity contribution in [1.29, 1.82) is 0 Å². The molecule has 0 bridgehead atoms. The molecule has 2 unspecified atom stereocenters. The topological polar surface area (TPSA) is 108 Å². The maximum atomic E-state index is 13.2. The van der Waals surface area contributed by atoms with Crippen LogP contribution in [0.3, 0.4) is 0 Å². The third-order valence-electron chi connectivity index (χ3n) is 2.19. The van der Waals surface area contributed by atoms with Crippen LogP contribution in [0.5, 0.6) is 0 Å². The number of benzene rings is 1. The van der Waals surface area contributed by atoms with Gasteiger partial charge >= 0.3 is 5.69 Å². The minimum atomic E-state index is -1.31. The molecule has 0 aromatic heterocycles. The van der Waals surface area contributed by atoms with Crippen molar-refractivity contribution in [2.75, 3.05) is 10.6 Å². The molecule has 1 aromatic carbocycles. The van der Waals surface area contributed by atoms with Gasteiger partial charge in [0, 0.05) is 12.1 Å². The number of nitro groups is 1. The summed E-state index contributed by atoms with van der Waals surface area (Å²) in [5.41, 5.74) is -0.386. The van der Waals surface area contributed by atoms with Gasteiger partial charge in [-0.05, 0) is 0 Å². The lowest BCUT2D eigenvalue weighted by Gasteiger charge is -2.29. The Morgan fingerprint density at radius 3 is 2.25 bits per heavy atom. The highest BCUT2D eigenvalue weighted by molar-refractivity contribution is 5.74. The zero-order valence-corrected chi connectivity index (χ0v) is 7.85. The number of halogens is 1. The van der Waals surface area contributed by atoms with Crippen molar-refractivity contribution >= 4 is 17.1 Å². The van der Waals surface area contributed by atoms with Gasteiger partial charge in [0.15, 0.2) is 12.5 Å². The largest absolute Gasteiger partial charge is 0.369 e. The number of fused-ring (bicyclic) bond motifs is 1. The minimum absolute atomic E-state index is 0.154. The summed E-state index contributed by atoms with van der Waals surface area (Å²) in [7, 11) is 0. The highest BCUT2D eigenvalue weighted by atomic mass is 19.1. The zero-order valence-electron chi connectivity index (χ0n) is 7.85. The molecule has 16 heavy (non-hydrogen) atoms. The van der Waals surface area contributed by atoms with Crippen LogP contribution < -0.4 is 10.6 Å². The zero-order chi connectivity index (χ0) is 11.9. The third kappa shape index (κ3) is 1.64. The molecule has 7 nitrogen and oxygen atoms in total. The molecule has 1 aliphatic rings. The maximum absolute atomic E-state index is 13.2. The van der Waals surface area contributed by atoms with Gasteiger partial charge in [0.1, 0.15) is 0 Å². The first-order chi connectivity index (χ1) is 7.49. The van der Waals surface area contributed by atoms with Crippen molar-refractivity contribution in [2.45, 2.75) is 12.5 Å². The summed E-state index contributed by atoms with van der Waals surface area (Å²) in [6.07, 6.45) is -2.61. The van der Waals surface area contributed by atoms with Crippen LogP contribution in [0.2, 0.25) is 0 Å². The van der Waals surface area contributed by atoms with E-state index in [-0.39, 0.29) is 11.4 Å². The van der Waals surface area contributed by atoms with Crippen molar-refractivity contribution < 1.29 is 19.5 Å². The monoisotopic (exact) mass is 229 g/mol. The Labute approximate surface area is 88.7 Å². The number of nitrogens with zero attached hydrogens (tertiary/aromatic N) is 1. The molecule has 0 amide bonds. The molecule has 8 heteroatoms. The van der Waals surface area contributed by atoms with Crippen LogP contribution in [0.25, 0.3) is 0 Å². The minimum Gasteiger partial charge on any atom is -0.369 e. The second-order valence-corrected chi connectivity index (χ2v) is 3.28. The lowest BCUT2D eigenvalue weighted by molar-refractivity contribution is -0.387. The smallest absolute Gasteiger partial charge is 0.307 e. The number of nitro benzene ring substituents is 1. The first kappa shape index (κ1) is 10.6. The fraction of sp³-hybridized carbons (Fsp3) is 0.250. The number of rotatable bonds is 1. The van der Waals surface area contributed by atoms with Crippen molar-refractivity contribution in [3.05, 3.63) is 28.1 Å². The first-order valence-electron chi connectivity index (χ1n) is 4.36. The highest BCUT2D eigenvalue weighted by Gasteiger charge is 2.27. The first-order valence-corrected chi connectivity index (χ1v) is 4.36. The summed E-state index contributed by atoms with van der Waals surface area (Å²) in [5.74, 6) is -1.01. The van der Waals surface area contributed by atoms with Crippen molar-refractivity contribution in [2.24, 2.45) is 0 Å². The number of hydrogen-bond donors (Lipinski definition) is 4. The molecule has 0 aliphatic carbocycles. The van der Waals surface area contributed by atoms with Crippen LogP contribution in [0, 0.1) is 15.9 Å². The lowest BCUT2D eigenvalue weighted by atomic mass is 10.2.